The van der Waals surface area contributed by atoms with E-state index in [1.54, 1.807) is 16.8 Å². The van der Waals surface area contributed by atoms with Gasteiger partial charge in [0.05, 0.1) is 6.04 Å². The van der Waals surface area contributed by atoms with Gasteiger partial charge in [-0.15, -0.1) is 5.10 Å². The van der Waals surface area contributed by atoms with Gasteiger partial charge in [-0.3, -0.25) is 0 Å². The van der Waals surface area contributed by atoms with Crippen molar-refractivity contribution in [3.05, 3.63) is 23.8 Å². The zero-order chi connectivity index (χ0) is 14.8. The van der Waals surface area contributed by atoms with E-state index in [1.165, 1.54) is 6.07 Å². The molecule has 1 saturated carbocycles. The van der Waals surface area contributed by atoms with E-state index in [2.05, 4.69) is 15.5 Å². The number of rotatable bonds is 4. The van der Waals surface area contributed by atoms with Crippen LogP contribution in [0.1, 0.15) is 43.7 Å². The van der Waals surface area contributed by atoms with Gasteiger partial charge in [0, 0.05) is 16.1 Å². The quantitative estimate of drug-likeness (QED) is 0.876. The highest BCUT2D eigenvalue weighted by molar-refractivity contribution is 7.99. The van der Waals surface area contributed by atoms with Crippen LogP contribution in [0, 0.1) is 0 Å². The fraction of sp³-hybridized carbons (Fsp3) is 0.462. The van der Waals surface area contributed by atoms with Crippen molar-refractivity contribution in [3.63, 3.8) is 0 Å². The highest BCUT2D eigenvalue weighted by Crippen LogP contribution is 2.38. The zero-order valence-corrected chi connectivity index (χ0v) is 12.1. The number of halogens is 2. The van der Waals surface area contributed by atoms with Gasteiger partial charge in [-0.1, -0.05) is 12.8 Å². The first-order valence-electron chi connectivity index (χ1n) is 6.78. The molecule has 0 saturated heterocycles. The topological polar surface area (TPSA) is 69.6 Å². The van der Waals surface area contributed by atoms with Crippen LogP contribution in [-0.2, 0) is 0 Å². The summed E-state index contributed by atoms with van der Waals surface area (Å²) in [5.41, 5.74) is 5.82. The lowest BCUT2D eigenvalue weighted by molar-refractivity contribution is 0.148. The molecule has 0 aliphatic heterocycles. The van der Waals surface area contributed by atoms with E-state index in [9.17, 15) is 8.78 Å². The first-order valence-corrected chi connectivity index (χ1v) is 7.60. The molecular weight excluding hydrogens is 296 g/mol. The SMILES string of the molecule is Nc1ccc(Sc2nnnn2C2CCCC2)c(C(F)F)c1. The molecule has 1 fully saturated rings. The summed E-state index contributed by atoms with van der Waals surface area (Å²) in [6.07, 6.45) is 1.79. The lowest BCUT2D eigenvalue weighted by Crippen LogP contribution is -2.08. The van der Waals surface area contributed by atoms with Gasteiger partial charge in [-0.05, 0) is 53.2 Å². The highest BCUT2D eigenvalue weighted by atomic mass is 32.2. The minimum atomic E-state index is -2.58. The average Bonchev–Trinajstić information content (AvgIpc) is 3.11. The summed E-state index contributed by atoms with van der Waals surface area (Å²) in [6, 6.07) is 4.77. The summed E-state index contributed by atoms with van der Waals surface area (Å²) >= 11 is 1.16. The van der Waals surface area contributed by atoms with Gasteiger partial charge in [-0.25, -0.2) is 13.5 Å². The average molecular weight is 311 g/mol. The van der Waals surface area contributed by atoms with Gasteiger partial charge in [0.1, 0.15) is 0 Å². The molecule has 1 heterocycles. The number of nitrogens with zero attached hydrogens (tertiary/aromatic N) is 4. The molecule has 5 nitrogen and oxygen atoms in total. The van der Waals surface area contributed by atoms with Crippen LogP contribution in [0.2, 0.25) is 0 Å². The molecule has 2 N–H and O–H groups in total. The molecule has 1 aliphatic rings. The van der Waals surface area contributed by atoms with Crippen LogP contribution in [0.3, 0.4) is 0 Å². The lowest BCUT2D eigenvalue weighted by atomic mass is 10.2. The number of benzene rings is 1. The highest BCUT2D eigenvalue weighted by Gasteiger charge is 2.23. The maximum Gasteiger partial charge on any atom is 0.265 e. The molecule has 2 aromatic rings. The Balaban J connectivity index is 1.89. The van der Waals surface area contributed by atoms with E-state index in [0.29, 0.717) is 15.7 Å². The zero-order valence-electron chi connectivity index (χ0n) is 11.2. The Kier molecular flexibility index (Phi) is 4.05. The fourth-order valence-corrected chi connectivity index (χ4v) is 3.51. The Labute approximate surface area is 124 Å². The summed E-state index contributed by atoms with van der Waals surface area (Å²) in [4.78, 5) is 0.438. The van der Waals surface area contributed by atoms with Crippen LogP contribution in [0.25, 0.3) is 0 Å². The smallest absolute Gasteiger partial charge is 0.265 e. The third kappa shape index (κ3) is 2.99. The monoisotopic (exact) mass is 311 g/mol. The summed E-state index contributed by atoms with van der Waals surface area (Å²) in [5, 5.41) is 12.2. The number of nitrogens with two attached hydrogens (primary N) is 1. The summed E-state index contributed by atoms with van der Waals surface area (Å²) in [7, 11) is 0. The first-order chi connectivity index (χ1) is 10.1. The molecule has 1 aromatic carbocycles. The van der Waals surface area contributed by atoms with Crippen molar-refractivity contribution in [1.82, 2.24) is 20.2 Å². The van der Waals surface area contributed by atoms with E-state index in [4.69, 9.17) is 5.73 Å². The predicted octanol–water partition coefficient (Wildman–Crippen LogP) is 3.46. The van der Waals surface area contributed by atoms with Crippen LogP contribution in [-0.4, -0.2) is 20.2 Å². The van der Waals surface area contributed by atoms with Crippen LogP contribution in [0.5, 0.6) is 0 Å². The van der Waals surface area contributed by atoms with Crippen molar-refractivity contribution in [3.8, 4) is 0 Å². The normalized spacial score (nSPS) is 16.0. The van der Waals surface area contributed by atoms with Crippen LogP contribution < -0.4 is 5.73 Å². The molecule has 112 valence electrons. The van der Waals surface area contributed by atoms with Crippen molar-refractivity contribution in [2.75, 3.05) is 5.73 Å². The molecule has 21 heavy (non-hydrogen) atoms. The molecular formula is C13H15F2N5S. The fourth-order valence-electron chi connectivity index (χ4n) is 2.56. The Hall–Kier alpha value is -1.70. The van der Waals surface area contributed by atoms with Crippen LogP contribution >= 0.6 is 11.8 Å². The van der Waals surface area contributed by atoms with Crippen molar-refractivity contribution in [1.29, 1.82) is 0 Å². The summed E-state index contributed by atoms with van der Waals surface area (Å²) in [6.45, 7) is 0. The number of tetrazole rings is 1. The van der Waals surface area contributed by atoms with E-state index in [-0.39, 0.29) is 11.6 Å². The van der Waals surface area contributed by atoms with E-state index in [1.807, 2.05) is 0 Å². The molecule has 1 aromatic heterocycles. The number of anilines is 1. The Bertz CT molecular complexity index is 625. The Morgan fingerprint density at radius 1 is 1.29 bits per heavy atom. The predicted molar refractivity (Wildman–Crippen MR) is 75.3 cm³/mol. The molecule has 3 rings (SSSR count). The van der Waals surface area contributed by atoms with Gasteiger partial charge in [-0.2, -0.15) is 0 Å². The third-order valence-electron chi connectivity index (χ3n) is 3.60. The second-order valence-electron chi connectivity index (χ2n) is 5.04. The van der Waals surface area contributed by atoms with Crippen molar-refractivity contribution in [2.24, 2.45) is 0 Å². The first kappa shape index (κ1) is 14.2. The second kappa shape index (κ2) is 5.97. The number of hydrogen-bond acceptors (Lipinski definition) is 5. The molecule has 0 atom stereocenters. The largest absolute Gasteiger partial charge is 0.399 e. The lowest BCUT2D eigenvalue weighted by Gasteiger charge is -2.12. The number of nitrogen functional groups attached to an aromatic ring is 1. The molecule has 0 bridgehead atoms. The standard InChI is InChI=1S/C13H15F2N5S/c14-12(15)10-7-8(16)5-6-11(10)21-13-17-18-19-20(13)9-3-1-2-4-9/h5-7,9,12H,1-4,16H2. The third-order valence-corrected chi connectivity index (χ3v) is 4.65. The molecule has 0 spiro atoms. The van der Waals surface area contributed by atoms with Crippen LogP contribution in [0.4, 0.5) is 14.5 Å². The molecule has 8 heteroatoms. The van der Waals surface area contributed by atoms with Gasteiger partial charge >= 0.3 is 0 Å². The maximum absolute atomic E-state index is 13.1. The number of hydrogen-bond donors (Lipinski definition) is 1. The van der Waals surface area contributed by atoms with Gasteiger partial charge < -0.3 is 5.73 Å². The Morgan fingerprint density at radius 3 is 2.76 bits per heavy atom. The van der Waals surface area contributed by atoms with Gasteiger partial charge in [0.15, 0.2) is 0 Å². The second-order valence-corrected chi connectivity index (χ2v) is 6.05. The van der Waals surface area contributed by atoms with E-state index >= 15 is 0 Å². The van der Waals surface area contributed by atoms with Crippen molar-refractivity contribution < 1.29 is 8.78 Å². The van der Waals surface area contributed by atoms with Crippen molar-refractivity contribution >= 4 is 17.4 Å². The number of alkyl halides is 2. The van der Waals surface area contributed by atoms with Gasteiger partial charge in [0.25, 0.3) is 6.43 Å². The molecule has 1 aliphatic carbocycles. The summed E-state index contributed by atoms with van der Waals surface area (Å²) < 4.78 is 28.0. The molecule has 0 unspecified atom stereocenters. The van der Waals surface area contributed by atoms with Gasteiger partial charge in [0.2, 0.25) is 5.16 Å². The summed E-state index contributed by atoms with van der Waals surface area (Å²) in [5.74, 6) is 0. The van der Waals surface area contributed by atoms with E-state index in [0.717, 1.165) is 37.4 Å². The van der Waals surface area contributed by atoms with Crippen LogP contribution in [0.15, 0.2) is 28.3 Å². The van der Waals surface area contributed by atoms with Crippen molar-refractivity contribution in [2.45, 2.75) is 48.2 Å². The molecule has 0 amide bonds. The van der Waals surface area contributed by atoms with E-state index < -0.39 is 6.43 Å². The molecule has 0 radical (unpaired) electrons. The minimum Gasteiger partial charge on any atom is -0.399 e. The Morgan fingerprint density at radius 2 is 2.05 bits per heavy atom. The maximum atomic E-state index is 13.1. The minimum absolute atomic E-state index is 0.0824. The number of aromatic nitrogens is 4.